The van der Waals surface area contributed by atoms with Gasteiger partial charge in [-0.1, -0.05) is 36.4 Å². The van der Waals surface area contributed by atoms with Crippen molar-refractivity contribution in [3.8, 4) is 0 Å². The van der Waals surface area contributed by atoms with E-state index in [-0.39, 0.29) is 36.3 Å². The lowest BCUT2D eigenvalue weighted by Gasteiger charge is -2.43. The van der Waals surface area contributed by atoms with Gasteiger partial charge < -0.3 is 29.1 Å². The van der Waals surface area contributed by atoms with E-state index in [1.54, 1.807) is 23.6 Å². The van der Waals surface area contributed by atoms with Crippen molar-refractivity contribution in [3.63, 3.8) is 0 Å². The Hall–Kier alpha value is -4.16. The summed E-state index contributed by atoms with van der Waals surface area (Å²) in [7, 11) is 0. The van der Waals surface area contributed by atoms with Crippen molar-refractivity contribution in [1.29, 1.82) is 0 Å². The highest BCUT2D eigenvalue weighted by molar-refractivity contribution is 6.00. The van der Waals surface area contributed by atoms with Crippen molar-refractivity contribution >= 4 is 24.0 Å². The number of fused-ring (bicyclic) bond motifs is 2. The van der Waals surface area contributed by atoms with E-state index in [4.69, 9.17) is 9.47 Å². The molecule has 0 unspecified atom stereocenters. The van der Waals surface area contributed by atoms with E-state index in [1.807, 2.05) is 58.3 Å². The predicted molar refractivity (Wildman–Crippen MR) is 161 cm³/mol. The molecular weight excluding hydrogens is 564 g/mol. The zero-order valence-corrected chi connectivity index (χ0v) is 25.4. The summed E-state index contributed by atoms with van der Waals surface area (Å²) in [5.74, 6) is -0.107. The number of piperazine rings is 2. The maximum atomic E-state index is 13.8. The third-order valence-corrected chi connectivity index (χ3v) is 9.01. The van der Waals surface area contributed by atoms with Gasteiger partial charge >= 0.3 is 12.2 Å². The third kappa shape index (κ3) is 5.48. The molecule has 44 heavy (non-hydrogen) atoms. The quantitative estimate of drug-likeness (QED) is 0.475. The predicted octanol–water partition coefficient (Wildman–Crippen LogP) is 2.84. The number of ether oxygens (including phenoxy) is 2. The van der Waals surface area contributed by atoms with Gasteiger partial charge in [-0.05, 0) is 26.0 Å². The molecule has 2 atom stereocenters. The van der Waals surface area contributed by atoms with Gasteiger partial charge in [-0.15, -0.1) is 0 Å². The molecule has 12 nitrogen and oxygen atoms in total. The second-order valence-electron chi connectivity index (χ2n) is 11.4. The molecule has 4 heterocycles. The third-order valence-electron chi connectivity index (χ3n) is 9.01. The number of carbonyl (C=O) groups is 4. The normalized spacial score (nSPS) is 22.3. The smallest absolute Gasteiger partial charge is 0.409 e. The zero-order valence-electron chi connectivity index (χ0n) is 25.4. The molecule has 0 bridgehead atoms. The highest BCUT2D eigenvalue weighted by Gasteiger charge is 2.44. The van der Waals surface area contributed by atoms with E-state index < -0.39 is 0 Å². The standard InChI is InChI=1S/C32H40N6O6/c1-3-43-31(41)35-17-13-33(14-18-35)27-23-9-5-7-11-25(23)29(39)37(27)21-22-38-28(24-10-6-8-12-26(24)30(38)40)34-15-19-36(20-16-34)32(42)44-4-2/h5-12,27-28H,3-4,13-22H2,1-2H3/t27-,28-/m1/s1. The number of nitrogens with zero attached hydrogens (tertiary/aromatic N) is 6. The second-order valence-corrected chi connectivity index (χ2v) is 11.4. The molecular formula is C32H40N6O6. The van der Waals surface area contributed by atoms with Crippen LogP contribution in [-0.4, -0.2) is 132 Å². The number of carbonyl (C=O) groups excluding carboxylic acids is 4. The van der Waals surface area contributed by atoms with Gasteiger partial charge in [-0.2, -0.15) is 0 Å². The Morgan fingerprint density at radius 2 is 0.977 bits per heavy atom. The Labute approximate surface area is 257 Å². The van der Waals surface area contributed by atoms with Crippen molar-refractivity contribution < 1.29 is 28.7 Å². The molecule has 0 aliphatic carbocycles. The van der Waals surface area contributed by atoms with Crippen LogP contribution >= 0.6 is 0 Å². The minimum absolute atomic E-state index is 0.0535. The number of amides is 4. The summed E-state index contributed by atoms with van der Waals surface area (Å²) in [6, 6.07) is 15.4. The van der Waals surface area contributed by atoms with Gasteiger partial charge in [0.2, 0.25) is 0 Å². The molecule has 0 aromatic heterocycles. The highest BCUT2D eigenvalue weighted by atomic mass is 16.6. The monoisotopic (exact) mass is 604 g/mol. The van der Waals surface area contributed by atoms with Crippen LogP contribution in [0.25, 0.3) is 0 Å². The Kier molecular flexibility index (Phi) is 8.72. The maximum Gasteiger partial charge on any atom is 0.409 e. The molecule has 2 fully saturated rings. The summed E-state index contributed by atoms with van der Waals surface area (Å²) in [5, 5.41) is 0. The Morgan fingerprint density at radius 3 is 1.34 bits per heavy atom. The van der Waals surface area contributed by atoms with E-state index in [9.17, 15) is 19.2 Å². The van der Waals surface area contributed by atoms with Crippen molar-refractivity contribution in [2.45, 2.75) is 26.2 Å². The minimum atomic E-state index is -0.312. The van der Waals surface area contributed by atoms with Crippen molar-refractivity contribution in [2.24, 2.45) is 0 Å². The van der Waals surface area contributed by atoms with Crippen molar-refractivity contribution in [2.75, 3.05) is 78.7 Å². The summed E-state index contributed by atoms with van der Waals surface area (Å²) < 4.78 is 10.4. The van der Waals surface area contributed by atoms with Crippen LogP contribution < -0.4 is 0 Å². The van der Waals surface area contributed by atoms with Gasteiger partial charge in [0.1, 0.15) is 12.3 Å². The van der Waals surface area contributed by atoms with Crippen LogP contribution in [0.15, 0.2) is 48.5 Å². The highest BCUT2D eigenvalue weighted by Crippen LogP contribution is 2.39. The molecule has 4 aliphatic rings. The summed E-state index contributed by atoms with van der Waals surface area (Å²) in [4.78, 5) is 63.9. The fourth-order valence-corrected chi connectivity index (χ4v) is 6.88. The van der Waals surface area contributed by atoms with Crippen molar-refractivity contribution in [3.05, 3.63) is 70.8 Å². The maximum absolute atomic E-state index is 13.8. The molecule has 0 spiro atoms. The summed E-state index contributed by atoms with van der Waals surface area (Å²) in [6.45, 7) is 9.42. The summed E-state index contributed by atoms with van der Waals surface area (Å²) >= 11 is 0. The van der Waals surface area contributed by atoms with Crippen LogP contribution in [0.2, 0.25) is 0 Å². The first kappa shape index (κ1) is 29.9. The molecule has 4 aliphatic heterocycles. The average molecular weight is 605 g/mol. The SMILES string of the molecule is CCOC(=O)N1CCN([C@H]2c3ccccc3C(=O)N2CCN2C(=O)c3ccccc3[C@@H]2N2CCN(C(=O)OCC)CC2)CC1. The zero-order chi connectivity index (χ0) is 30.8. The molecule has 6 rings (SSSR count). The first-order valence-corrected chi connectivity index (χ1v) is 15.5. The largest absolute Gasteiger partial charge is 0.450 e. The first-order chi connectivity index (χ1) is 21.4. The van der Waals surface area contributed by atoms with Crippen molar-refractivity contribution in [1.82, 2.24) is 29.4 Å². The molecule has 0 saturated carbocycles. The van der Waals surface area contributed by atoms with E-state index in [2.05, 4.69) is 9.80 Å². The Balaban J connectivity index is 1.20. The molecule has 4 amide bonds. The fraction of sp³-hybridized carbons (Fsp3) is 0.500. The number of hydrogen-bond donors (Lipinski definition) is 0. The lowest BCUT2D eigenvalue weighted by atomic mass is 10.1. The van der Waals surface area contributed by atoms with Crippen LogP contribution in [0, 0.1) is 0 Å². The van der Waals surface area contributed by atoms with E-state index in [0.717, 1.165) is 11.1 Å². The lowest BCUT2D eigenvalue weighted by molar-refractivity contribution is -0.00334. The van der Waals surface area contributed by atoms with Gasteiger partial charge in [0, 0.05) is 87.7 Å². The van der Waals surface area contributed by atoms with E-state index in [0.29, 0.717) is 89.8 Å². The van der Waals surface area contributed by atoms with E-state index in [1.165, 1.54) is 0 Å². The number of benzene rings is 2. The van der Waals surface area contributed by atoms with Gasteiger partial charge in [-0.25, -0.2) is 9.59 Å². The lowest BCUT2D eigenvalue weighted by Crippen LogP contribution is -2.54. The molecule has 234 valence electrons. The molecule has 0 N–H and O–H groups in total. The Morgan fingerprint density at radius 1 is 0.614 bits per heavy atom. The van der Waals surface area contributed by atoms with Crippen LogP contribution in [0.5, 0.6) is 0 Å². The van der Waals surface area contributed by atoms with Gasteiger partial charge in [0.15, 0.2) is 0 Å². The van der Waals surface area contributed by atoms with Gasteiger partial charge in [-0.3, -0.25) is 19.4 Å². The van der Waals surface area contributed by atoms with Crippen LogP contribution in [0.3, 0.4) is 0 Å². The van der Waals surface area contributed by atoms with Crippen LogP contribution in [0.1, 0.15) is 58.0 Å². The average Bonchev–Trinajstić information content (AvgIpc) is 3.50. The van der Waals surface area contributed by atoms with Gasteiger partial charge in [0.25, 0.3) is 11.8 Å². The first-order valence-electron chi connectivity index (χ1n) is 15.5. The molecule has 0 radical (unpaired) electrons. The van der Waals surface area contributed by atoms with Crippen LogP contribution in [-0.2, 0) is 9.47 Å². The number of hydrogen-bond acceptors (Lipinski definition) is 8. The van der Waals surface area contributed by atoms with Gasteiger partial charge in [0.05, 0.1) is 13.2 Å². The Bertz CT molecular complexity index is 1300. The molecule has 2 aromatic rings. The van der Waals surface area contributed by atoms with E-state index >= 15 is 0 Å². The summed E-state index contributed by atoms with van der Waals surface area (Å²) in [6.07, 6.45) is -1.19. The molecule has 2 aromatic carbocycles. The minimum Gasteiger partial charge on any atom is -0.450 e. The number of rotatable bonds is 7. The summed E-state index contributed by atoms with van der Waals surface area (Å²) in [5.41, 5.74) is 3.25. The second kappa shape index (κ2) is 12.8. The topological polar surface area (TPSA) is 106 Å². The molecule has 2 saturated heterocycles. The van der Waals surface area contributed by atoms with Crippen LogP contribution in [0.4, 0.5) is 9.59 Å². The fourth-order valence-electron chi connectivity index (χ4n) is 6.88. The molecule has 12 heteroatoms.